The fourth-order valence-corrected chi connectivity index (χ4v) is 2.63. The molecule has 5 nitrogen and oxygen atoms in total. The minimum absolute atomic E-state index is 0.0187. The smallest absolute Gasteiger partial charge is 0.307 e. The van der Waals surface area contributed by atoms with E-state index in [1.54, 1.807) is 24.3 Å². The lowest BCUT2D eigenvalue weighted by atomic mass is 10.0. The van der Waals surface area contributed by atoms with E-state index in [0.717, 1.165) is 19.4 Å². The molecule has 0 bridgehead atoms. The average Bonchev–Trinajstić information content (AvgIpc) is 2.46. The maximum Gasteiger partial charge on any atom is 0.307 e. The number of rotatable bonds is 6. The first-order valence-electron chi connectivity index (χ1n) is 7.47. The number of hydrogen-bond donors (Lipinski definition) is 3. The third kappa shape index (κ3) is 5.55. The summed E-state index contributed by atoms with van der Waals surface area (Å²) in [5.74, 6) is -0.892. The number of amides is 1. The average molecular weight is 290 g/mol. The van der Waals surface area contributed by atoms with E-state index >= 15 is 0 Å². The Morgan fingerprint density at radius 1 is 1.33 bits per heavy atom. The predicted octanol–water partition coefficient (Wildman–Crippen LogP) is 2.17. The molecule has 1 aliphatic heterocycles. The zero-order valence-electron chi connectivity index (χ0n) is 12.1. The van der Waals surface area contributed by atoms with Crippen molar-refractivity contribution in [2.45, 2.75) is 44.6 Å². The van der Waals surface area contributed by atoms with Crippen molar-refractivity contribution in [1.29, 1.82) is 0 Å². The zero-order chi connectivity index (χ0) is 15.1. The Bertz CT molecular complexity index is 496. The van der Waals surface area contributed by atoms with Gasteiger partial charge in [-0.1, -0.05) is 18.6 Å². The Labute approximate surface area is 124 Å². The van der Waals surface area contributed by atoms with Crippen LogP contribution in [-0.4, -0.2) is 29.6 Å². The Hall–Kier alpha value is -1.88. The molecule has 1 aliphatic rings. The van der Waals surface area contributed by atoms with Gasteiger partial charge >= 0.3 is 5.97 Å². The molecule has 1 aromatic carbocycles. The van der Waals surface area contributed by atoms with Gasteiger partial charge < -0.3 is 15.7 Å². The van der Waals surface area contributed by atoms with Crippen LogP contribution >= 0.6 is 0 Å². The number of carboxylic acids is 1. The monoisotopic (exact) mass is 290 g/mol. The molecule has 1 unspecified atom stereocenters. The molecule has 1 atom stereocenters. The van der Waals surface area contributed by atoms with Crippen molar-refractivity contribution in [3.05, 3.63) is 29.8 Å². The number of benzene rings is 1. The van der Waals surface area contributed by atoms with Crippen LogP contribution in [0.5, 0.6) is 0 Å². The van der Waals surface area contributed by atoms with Crippen LogP contribution < -0.4 is 10.6 Å². The van der Waals surface area contributed by atoms with Crippen LogP contribution in [0.3, 0.4) is 0 Å². The highest BCUT2D eigenvalue weighted by atomic mass is 16.4. The van der Waals surface area contributed by atoms with Crippen molar-refractivity contribution in [3.8, 4) is 0 Å². The lowest BCUT2D eigenvalue weighted by Crippen LogP contribution is -2.34. The molecular weight excluding hydrogens is 268 g/mol. The number of aliphatic carboxylic acids is 1. The van der Waals surface area contributed by atoms with Crippen LogP contribution in [0.4, 0.5) is 5.69 Å². The van der Waals surface area contributed by atoms with Gasteiger partial charge in [-0.25, -0.2) is 0 Å². The summed E-state index contributed by atoms with van der Waals surface area (Å²) in [5, 5.41) is 15.0. The second-order valence-corrected chi connectivity index (χ2v) is 5.50. The van der Waals surface area contributed by atoms with E-state index in [0.29, 0.717) is 23.7 Å². The van der Waals surface area contributed by atoms with Crippen molar-refractivity contribution in [1.82, 2.24) is 5.32 Å². The lowest BCUT2D eigenvalue weighted by Gasteiger charge is -2.23. The number of carbonyl (C=O) groups is 2. The van der Waals surface area contributed by atoms with Gasteiger partial charge in [0.05, 0.1) is 6.42 Å². The number of piperidine rings is 1. The summed E-state index contributed by atoms with van der Waals surface area (Å²) in [6, 6.07) is 7.45. The fraction of sp³-hybridized carbons (Fsp3) is 0.500. The highest BCUT2D eigenvalue weighted by Crippen LogP contribution is 2.14. The van der Waals surface area contributed by atoms with E-state index in [1.807, 2.05) is 0 Å². The molecule has 114 valence electrons. The first-order valence-corrected chi connectivity index (χ1v) is 7.47. The molecule has 0 spiro atoms. The topological polar surface area (TPSA) is 78.4 Å². The normalized spacial score (nSPS) is 18.2. The highest BCUT2D eigenvalue weighted by molar-refractivity contribution is 5.90. The number of carboxylic acid groups (broad SMARTS) is 1. The number of carbonyl (C=O) groups excluding carboxylic acids is 1. The van der Waals surface area contributed by atoms with Gasteiger partial charge in [-0.05, 0) is 43.5 Å². The molecule has 1 heterocycles. The van der Waals surface area contributed by atoms with Gasteiger partial charge in [0.15, 0.2) is 0 Å². The molecule has 3 N–H and O–H groups in total. The van der Waals surface area contributed by atoms with Gasteiger partial charge in [0.1, 0.15) is 0 Å². The molecule has 0 radical (unpaired) electrons. The predicted molar refractivity (Wildman–Crippen MR) is 81.3 cm³/mol. The SMILES string of the molecule is O=C(O)Cc1cccc(NC(=O)CCC2CCCCN2)c1. The van der Waals surface area contributed by atoms with Gasteiger partial charge in [0.2, 0.25) is 5.91 Å². The maximum absolute atomic E-state index is 11.9. The maximum atomic E-state index is 11.9. The van der Waals surface area contributed by atoms with Crippen molar-refractivity contribution < 1.29 is 14.7 Å². The third-order valence-electron chi connectivity index (χ3n) is 3.70. The molecule has 0 saturated carbocycles. The summed E-state index contributed by atoms with van der Waals surface area (Å²) in [5.41, 5.74) is 1.35. The molecule has 1 fully saturated rings. The van der Waals surface area contributed by atoms with Crippen LogP contribution in [-0.2, 0) is 16.0 Å². The zero-order valence-corrected chi connectivity index (χ0v) is 12.1. The number of nitrogens with one attached hydrogen (secondary N) is 2. The van der Waals surface area contributed by atoms with E-state index in [4.69, 9.17) is 5.11 Å². The van der Waals surface area contributed by atoms with Crippen molar-refractivity contribution in [2.75, 3.05) is 11.9 Å². The summed E-state index contributed by atoms with van der Waals surface area (Å²) >= 11 is 0. The number of anilines is 1. The van der Waals surface area contributed by atoms with Crippen LogP contribution in [0.15, 0.2) is 24.3 Å². The summed E-state index contributed by atoms with van der Waals surface area (Å²) in [4.78, 5) is 22.6. The molecule has 0 aromatic heterocycles. The fourth-order valence-electron chi connectivity index (χ4n) is 2.63. The lowest BCUT2D eigenvalue weighted by molar-refractivity contribution is -0.136. The first-order chi connectivity index (χ1) is 10.1. The van der Waals surface area contributed by atoms with Crippen molar-refractivity contribution in [3.63, 3.8) is 0 Å². The second-order valence-electron chi connectivity index (χ2n) is 5.50. The van der Waals surface area contributed by atoms with E-state index in [1.165, 1.54) is 12.8 Å². The quantitative estimate of drug-likeness (QED) is 0.750. The molecule has 1 aromatic rings. The van der Waals surface area contributed by atoms with Crippen LogP contribution in [0, 0.1) is 0 Å². The number of hydrogen-bond acceptors (Lipinski definition) is 3. The Balaban J connectivity index is 1.80. The minimum Gasteiger partial charge on any atom is -0.481 e. The van der Waals surface area contributed by atoms with Gasteiger partial charge in [-0.2, -0.15) is 0 Å². The molecule has 1 saturated heterocycles. The van der Waals surface area contributed by atoms with Crippen LogP contribution in [0.25, 0.3) is 0 Å². The molecule has 2 rings (SSSR count). The summed E-state index contributed by atoms with van der Waals surface area (Å²) in [6.45, 7) is 1.05. The molecular formula is C16H22N2O3. The Morgan fingerprint density at radius 2 is 2.19 bits per heavy atom. The Morgan fingerprint density at radius 3 is 2.90 bits per heavy atom. The molecule has 1 amide bonds. The van der Waals surface area contributed by atoms with E-state index in [2.05, 4.69) is 10.6 Å². The minimum atomic E-state index is -0.873. The van der Waals surface area contributed by atoms with Crippen molar-refractivity contribution in [2.24, 2.45) is 0 Å². The molecule has 5 heteroatoms. The van der Waals surface area contributed by atoms with E-state index < -0.39 is 5.97 Å². The largest absolute Gasteiger partial charge is 0.481 e. The van der Waals surface area contributed by atoms with Gasteiger partial charge in [-0.15, -0.1) is 0 Å². The van der Waals surface area contributed by atoms with Crippen LogP contribution in [0.1, 0.15) is 37.7 Å². The third-order valence-corrected chi connectivity index (χ3v) is 3.70. The van der Waals surface area contributed by atoms with E-state index in [-0.39, 0.29) is 12.3 Å². The molecule has 21 heavy (non-hydrogen) atoms. The van der Waals surface area contributed by atoms with Crippen LogP contribution in [0.2, 0.25) is 0 Å². The summed E-state index contributed by atoms with van der Waals surface area (Å²) < 4.78 is 0. The van der Waals surface area contributed by atoms with E-state index in [9.17, 15) is 9.59 Å². The summed E-state index contributed by atoms with van der Waals surface area (Å²) in [6.07, 6.45) is 4.90. The second kappa shape index (κ2) is 7.78. The van der Waals surface area contributed by atoms with Gasteiger partial charge in [0, 0.05) is 18.2 Å². The van der Waals surface area contributed by atoms with Gasteiger partial charge in [-0.3, -0.25) is 9.59 Å². The standard InChI is InChI=1S/C16H22N2O3/c19-15(8-7-13-5-1-2-9-17-13)18-14-6-3-4-12(10-14)11-16(20)21/h3-4,6,10,13,17H,1-2,5,7-9,11H2,(H,18,19)(H,20,21). The highest BCUT2D eigenvalue weighted by Gasteiger charge is 2.14. The van der Waals surface area contributed by atoms with Gasteiger partial charge in [0.25, 0.3) is 0 Å². The first kappa shape index (κ1) is 15.5. The Kier molecular flexibility index (Phi) is 5.75. The summed E-state index contributed by atoms with van der Waals surface area (Å²) in [7, 11) is 0. The van der Waals surface area contributed by atoms with Crippen molar-refractivity contribution >= 4 is 17.6 Å². The molecule has 0 aliphatic carbocycles.